The van der Waals surface area contributed by atoms with Gasteiger partial charge in [-0.1, -0.05) is 152 Å². The van der Waals surface area contributed by atoms with E-state index < -0.39 is 5.41 Å². The molecule has 1 heterocycles. The van der Waals surface area contributed by atoms with Gasteiger partial charge in [-0.2, -0.15) is 0 Å². The van der Waals surface area contributed by atoms with Gasteiger partial charge in [0.15, 0.2) is 5.82 Å². The Hall–Kier alpha value is -7.23. The maximum Gasteiger partial charge on any atom is 0.160 e. The summed E-state index contributed by atoms with van der Waals surface area (Å²) in [6, 6.07) is 69.6. The second-order valence-corrected chi connectivity index (χ2v) is 14.6. The van der Waals surface area contributed by atoms with Crippen molar-refractivity contribution < 1.29 is 4.39 Å². The van der Waals surface area contributed by atoms with Gasteiger partial charge < -0.3 is 0 Å². The molecule has 2 aliphatic carbocycles. The highest BCUT2D eigenvalue weighted by Gasteiger charge is 2.51. The molecular formula is C53H33FN2. The Labute approximate surface area is 325 Å². The fraction of sp³-hybridized carbons (Fsp3) is 0.0189. The smallest absolute Gasteiger partial charge is 0.160 e. The lowest BCUT2D eigenvalue weighted by molar-refractivity contribution is 0.628. The summed E-state index contributed by atoms with van der Waals surface area (Å²) in [7, 11) is 0. The number of hydrogen-bond acceptors (Lipinski definition) is 2. The van der Waals surface area contributed by atoms with Crippen LogP contribution in [-0.2, 0) is 5.41 Å². The average molecular weight is 717 g/mol. The molecule has 0 saturated carbocycles. The van der Waals surface area contributed by atoms with E-state index in [9.17, 15) is 4.39 Å². The Kier molecular flexibility index (Phi) is 7.30. The van der Waals surface area contributed by atoms with Gasteiger partial charge in [-0.15, -0.1) is 0 Å². The summed E-state index contributed by atoms with van der Waals surface area (Å²) in [4.78, 5) is 10.2. The van der Waals surface area contributed by atoms with Crippen molar-refractivity contribution in [2.24, 2.45) is 0 Å². The second kappa shape index (κ2) is 12.7. The number of fused-ring (bicyclic) bond motifs is 10. The van der Waals surface area contributed by atoms with Crippen LogP contribution < -0.4 is 0 Å². The molecule has 0 unspecified atom stereocenters. The highest BCUT2D eigenvalue weighted by Crippen LogP contribution is 2.63. The average Bonchev–Trinajstić information content (AvgIpc) is 3.74. The normalized spacial score (nSPS) is 12.9. The van der Waals surface area contributed by atoms with E-state index in [4.69, 9.17) is 9.97 Å². The lowest BCUT2D eigenvalue weighted by Crippen LogP contribution is -2.25. The number of halogens is 1. The molecule has 1 spiro atoms. The zero-order valence-corrected chi connectivity index (χ0v) is 30.3. The van der Waals surface area contributed by atoms with Crippen LogP contribution in [0.3, 0.4) is 0 Å². The molecule has 1 aromatic heterocycles. The SMILES string of the molecule is Fc1ccc(-c2nc(-c3cccc(-c4ccccc4)c3)cc(-c3cccc(-c4ccc5c(c4)C4(c6ccccc6-c6ccccc64)c4ccccc4-5)c3)n2)cc1. The van der Waals surface area contributed by atoms with E-state index in [-0.39, 0.29) is 5.82 Å². The van der Waals surface area contributed by atoms with E-state index in [1.165, 1.54) is 56.6 Å². The number of rotatable bonds is 5. The molecule has 0 saturated heterocycles. The predicted octanol–water partition coefficient (Wildman–Crippen LogP) is 13.3. The van der Waals surface area contributed by atoms with Crippen LogP contribution in [0, 0.1) is 5.82 Å². The Balaban J connectivity index is 1.06. The largest absolute Gasteiger partial charge is 0.228 e. The summed E-state index contributed by atoms with van der Waals surface area (Å²) in [5, 5.41) is 0. The molecule has 0 radical (unpaired) electrons. The second-order valence-electron chi connectivity index (χ2n) is 14.6. The third-order valence-corrected chi connectivity index (χ3v) is 11.6. The van der Waals surface area contributed by atoms with E-state index in [1.807, 2.05) is 6.07 Å². The minimum absolute atomic E-state index is 0.294. The molecule has 56 heavy (non-hydrogen) atoms. The fourth-order valence-electron chi connectivity index (χ4n) is 9.09. The zero-order chi connectivity index (χ0) is 37.2. The fourth-order valence-corrected chi connectivity index (χ4v) is 9.09. The van der Waals surface area contributed by atoms with Gasteiger partial charge in [-0.3, -0.25) is 0 Å². The van der Waals surface area contributed by atoms with Crippen LogP contribution in [0.2, 0.25) is 0 Å². The van der Waals surface area contributed by atoms with Crippen molar-refractivity contribution in [2.75, 3.05) is 0 Å². The van der Waals surface area contributed by atoms with Gasteiger partial charge in [0.25, 0.3) is 0 Å². The quantitative estimate of drug-likeness (QED) is 0.177. The van der Waals surface area contributed by atoms with Gasteiger partial charge in [0.1, 0.15) is 5.82 Å². The molecule has 262 valence electrons. The summed E-state index contributed by atoms with van der Waals surface area (Å²) >= 11 is 0. The van der Waals surface area contributed by atoms with Crippen molar-refractivity contribution >= 4 is 0 Å². The molecular weight excluding hydrogens is 684 g/mol. The van der Waals surface area contributed by atoms with E-state index in [0.717, 1.165) is 50.3 Å². The Morgan fingerprint density at radius 1 is 0.304 bits per heavy atom. The minimum atomic E-state index is -0.410. The van der Waals surface area contributed by atoms with Gasteiger partial charge in [-0.05, 0) is 115 Å². The van der Waals surface area contributed by atoms with Crippen molar-refractivity contribution in [1.82, 2.24) is 9.97 Å². The molecule has 9 aromatic rings. The first kappa shape index (κ1) is 32.2. The molecule has 0 amide bonds. The van der Waals surface area contributed by atoms with Gasteiger partial charge in [0.05, 0.1) is 16.8 Å². The first-order valence-electron chi connectivity index (χ1n) is 19.0. The van der Waals surface area contributed by atoms with Crippen LogP contribution in [-0.4, -0.2) is 9.97 Å². The number of benzene rings is 8. The minimum Gasteiger partial charge on any atom is -0.228 e. The van der Waals surface area contributed by atoms with E-state index >= 15 is 0 Å². The Bertz CT molecular complexity index is 2920. The molecule has 0 aliphatic heterocycles. The lowest BCUT2D eigenvalue weighted by Gasteiger charge is -2.30. The highest BCUT2D eigenvalue weighted by atomic mass is 19.1. The molecule has 2 aliphatic rings. The molecule has 8 aromatic carbocycles. The van der Waals surface area contributed by atoms with Crippen LogP contribution >= 0.6 is 0 Å². The first-order valence-corrected chi connectivity index (χ1v) is 19.0. The molecule has 0 bridgehead atoms. The Morgan fingerprint density at radius 3 is 1.30 bits per heavy atom. The summed E-state index contributed by atoms with van der Waals surface area (Å²) < 4.78 is 14.1. The van der Waals surface area contributed by atoms with Crippen LogP contribution in [0.1, 0.15) is 22.3 Å². The topological polar surface area (TPSA) is 25.8 Å². The molecule has 2 nitrogen and oxygen atoms in total. The van der Waals surface area contributed by atoms with Crippen molar-refractivity contribution in [3.8, 4) is 78.4 Å². The molecule has 0 atom stereocenters. The number of hydrogen-bond donors (Lipinski definition) is 0. The molecule has 11 rings (SSSR count). The zero-order valence-electron chi connectivity index (χ0n) is 30.3. The standard InChI is InChI=1S/C53H33FN2/c54-41-27-24-35(25-28-41)52-55-50(39-16-10-14-36(30-39)34-12-2-1-3-13-34)33-51(56-52)40-17-11-15-37(31-40)38-26-29-45-44-20-6-9-23-48(44)53(49(45)32-38)46-21-7-4-18-42(46)43-19-5-8-22-47(43)53/h1-33H. The third-order valence-electron chi connectivity index (χ3n) is 11.6. The Morgan fingerprint density at radius 2 is 0.732 bits per heavy atom. The van der Waals surface area contributed by atoms with Gasteiger partial charge in [0, 0.05) is 16.7 Å². The number of nitrogens with zero attached hydrogens (tertiary/aromatic N) is 2. The summed E-state index contributed by atoms with van der Waals surface area (Å²) in [6.45, 7) is 0. The predicted molar refractivity (Wildman–Crippen MR) is 225 cm³/mol. The molecule has 0 N–H and O–H groups in total. The molecule has 3 heteroatoms. The van der Waals surface area contributed by atoms with E-state index in [1.54, 1.807) is 12.1 Å². The van der Waals surface area contributed by atoms with Crippen LogP contribution in [0.25, 0.3) is 78.4 Å². The summed E-state index contributed by atoms with van der Waals surface area (Å²) in [6.07, 6.45) is 0. The first-order chi connectivity index (χ1) is 27.6. The summed E-state index contributed by atoms with van der Waals surface area (Å²) in [5.41, 5.74) is 18.8. The summed E-state index contributed by atoms with van der Waals surface area (Å²) in [5.74, 6) is 0.251. The van der Waals surface area contributed by atoms with Gasteiger partial charge in [0.2, 0.25) is 0 Å². The van der Waals surface area contributed by atoms with Crippen LogP contribution in [0.5, 0.6) is 0 Å². The van der Waals surface area contributed by atoms with Gasteiger partial charge in [-0.25, -0.2) is 14.4 Å². The van der Waals surface area contributed by atoms with Crippen molar-refractivity contribution in [3.63, 3.8) is 0 Å². The number of aromatic nitrogens is 2. The maximum absolute atomic E-state index is 14.1. The van der Waals surface area contributed by atoms with Gasteiger partial charge >= 0.3 is 0 Å². The third kappa shape index (κ3) is 4.94. The van der Waals surface area contributed by atoms with Crippen LogP contribution in [0.15, 0.2) is 200 Å². The van der Waals surface area contributed by atoms with E-state index in [0.29, 0.717) is 5.82 Å². The van der Waals surface area contributed by atoms with E-state index in [2.05, 4.69) is 170 Å². The van der Waals surface area contributed by atoms with Crippen molar-refractivity contribution in [1.29, 1.82) is 0 Å². The van der Waals surface area contributed by atoms with Crippen molar-refractivity contribution in [2.45, 2.75) is 5.41 Å². The van der Waals surface area contributed by atoms with Crippen molar-refractivity contribution in [3.05, 3.63) is 228 Å². The monoisotopic (exact) mass is 716 g/mol. The lowest BCUT2D eigenvalue weighted by atomic mass is 9.70. The van der Waals surface area contributed by atoms with Crippen LogP contribution in [0.4, 0.5) is 4.39 Å². The highest BCUT2D eigenvalue weighted by molar-refractivity contribution is 5.96. The molecule has 0 fully saturated rings. The maximum atomic E-state index is 14.1.